The molecule has 0 atom stereocenters. The molecule has 0 spiro atoms. The number of H-pyrrole nitrogens is 2. The van der Waals surface area contributed by atoms with Crippen LogP contribution in [0, 0.1) is 5.82 Å². The van der Waals surface area contributed by atoms with E-state index < -0.39 is 39.8 Å². The second-order valence-electron chi connectivity index (χ2n) is 13.9. The van der Waals surface area contributed by atoms with E-state index in [0.717, 1.165) is 42.6 Å². The first-order valence-electron chi connectivity index (χ1n) is 17.7. The van der Waals surface area contributed by atoms with Gasteiger partial charge in [0.1, 0.15) is 17.3 Å². The smallest absolute Gasteiger partial charge is 0.393 e. The number of nitrogens with one attached hydrogen (secondary N) is 3. The number of aromatic hydroxyl groups is 1. The number of benzene rings is 2. The molecule has 0 radical (unpaired) electrons. The Bertz CT molecular complexity index is 2320. The highest BCUT2D eigenvalue weighted by molar-refractivity contribution is 7.92. The molecule has 3 aromatic heterocycles. The molecule has 0 saturated carbocycles. The number of piperidine rings is 1. The Labute approximate surface area is 313 Å². The van der Waals surface area contributed by atoms with E-state index in [4.69, 9.17) is 0 Å². The Morgan fingerprint density at radius 3 is 2.49 bits per heavy atom. The number of para-hydroxylation sites is 1. The molecule has 7 rings (SSSR count). The van der Waals surface area contributed by atoms with Gasteiger partial charge in [0.25, 0.3) is 0 Å². The summed E-state index contributed by atoms with van der Waals surface area (Å²) in [6, 6.07) is 8.14. The fourth-order valence-electron chi connectivity index (χ4n) is 7.05. The molecule has 2 fully saturated rings. The van der Waals surface area contributed by atoms with E-state index in [1.54, 1.807) is 24.3 Å². The fraction of sp³-hybridized carbons (Fsp3) is 0.429. The molecule has 292 valence electrons. The number of alkyl halides is 3. The van der Waals surface area contributed by atoms with Crippen molar-refractivity contribution in [3.05, 3.63) is 59.2 Å². The molecular formula is C35H39F4N11O4S. The van der Waals surface area contributed by atoms with Gasteiger partial charge < -0.3 is 20.3 Å². The van der Waals surface area contributed by atoms with E-state index in [2.05, 4.69) is 45.6 Å². The minimum atomic E-state index is -4.70. The quantitative estimate of drug-likeness (QED) is 0.137. The largest absolute Gasteiger partial charge is 0.505 e. The lowest BCUT2D eigenvalue weighted by Gasteiger charge is -2.32. The van der Waals surface area contributed by atoms with Gasteiger partial charge in [-0.25, -0.2) is 22.8 Å². The lowest BCUT2D eigenvalue weighted by atomic mass is 9.96. The van der Waals surface area contributed by atoms with Crippen molar-refractivity contribution >= 4 is 38.5 Å². The van der Waals surface area contributed by atoms with Gasteiger partial charge in [0, 0.05) is 38.2 Å². The van der Waals surface area contributed by atoms with Crippen LogP contribution in [0.1, 0.15) is 48.6 Å². The average Bonchev–Trinajstić information content (AvgIpc) is 3.93. The number of nitrogens with zero attached hydrogens (tertiary/aromatic N) is 8. The van der Waals surface area contributed by atoms with Gasteiger partial charge >= 0.3 is 6.18 Å². The SMILES string of the molecule is CN(c1ccccc1CNc1nc(-c2cc(F)c(O)cc2CC(F)(F)F)nc2[nH]nc(-c3nnc(C4CCN(C(=O)CN5CCCC5)CC4)[nH]3)c12)S(C)(=O)=O. The molecule has 1 amide bonds. The van der Waals surface area contributed by atoms with Crippen LogP contribution < -0.4 is 9.62 Å². The van der Waals surface area contributed by atoms with Gasteiger partial charge in [-0.3, -0.25) is 19.1 Å². The Balaban J connectivity index is 1.23. The summed E-state index contributed by atoms with van der Waals surface area (Å²) in [5, 5.41) is 29.3. The van der Waals surface area contributed by atoms with Gasteiger partial charge in [-0.05, 0) is 68.1 Å². The first-order valence-corrected chi connectivity index (χ1v) is 19.5. The molecule has 2 aliphatic rings. The summed E-state index contributed by atoms with van der Waals surface area (Å²) in [5.74, 6) is -1.41. The second kappa shape index (κ2) is 15.0. The maximum atomic E-state index is 14.7. The van der Waals surface area contributed by atoms with Crippen molar-refractivity contribution in [1.82, 2.24) is 45.1 Å². The highest BCUT2D eigenvalue weighted by Gasteiger charge is 2.32. The summed E-state index contributed by atoms with van der Waals surface area (Å²) in [6.45, 7) is 3.45. The lowest BCUT2D eigenvalue weighted by Crippen LogP contribution is -2.43. The molecule has 2 saturated heterocycles. The zero-order valence-electron chi connectivity index (χ0n) is 30.0. The molecule has 0 unspecified atom stereocenters. The molecule has 5 heterocycles. The lowest BCUT2D eigenvalue weighted by molar-refractivity contribution is -0.133. The number of phenolic OH excluding ortho intramolecular Hbond substituents is 1. The van der Waals surface area contributed by atoms with Gasteiger partial charge in [0.15, 0.2) is 28.9 Å². The topological polar surface area (TPSA) is 189 Å². The number of carbonyl (C=O) groups excluding carboxylic acids is 1. The fourth-order valence-corrected chi connectivity index (χ4v) is 7.59. The molecular weight excluding hydrogens is 747 g/mol. The van der Waals surface area contributed by atoms with Crippen LogP contribution in [0.5, 0.6) is 5.75 Å². The maximum absolute atomic E-state index is 14.7. The van der Waals surface area contributed by atoms with Crippen LogP contribution in [0.15, 0.2) is 36.4 Å². The number of carbonyl (C=O) groups is 1. The van der Waals surface area contributed by atoms with E-state index >= 15 is 0 Å². The number of rotatable bonds is 11. The second-order valence-corrected chi connectivity index (χ2v) is 15.9. The monoisotopic (exact) mass is 785 g/mol. The van der Waals surface area contributed by atoms with Crippen molar-refractivity contribution in [2.45, 2.75) is 50.7 Å². The number of hydrogen-bond acceptors (Lipinski definition) is 11. The number of hydrogen-bond donors (Lipinski definition) is 4. The molecule has 15 nitrogen and oxygen atoms in total. The predicted octanol–water partition coefficient (Wildman–Crippen LogP) is 4.56. The number of fused-ring (bicyclic) bond motifs is 1. The molecule has 55 heavy (non-hydrogen) atoms. The normalized spacial score (nSPS) is 15.9. The predicted molar refractivity (Wildman–Crippen MR) is 195 cm³/mol. The van der Waals surface area contributed by atoms with Crippen molar-refractivity contribution in [2.24, 2.45) is 0 Å². The summed E-state index contributed by atoms with van der Waals surface area (Å²) in [7, 11) is -2.24. The van der Waals surface area contributed by atoms with Crippen molar-refractivity contribution < 1.29 is 35.9 Å². The highest BCUT2D eigenvalue weighted by Crippen LogP contribution is 2.37. The average molecular weight is 786 g/mol. The highest BCUT2D eigenvalue weighted by atomic mass is 32.2. The van der Waals surface area contributed by atoms with Gasteiger partial charge in [-0.15, -0.1) is 10.2 Å². The van der Waals surface area contributed by atoms with Crippen molar-refractivity contribution in [1.29, 1.82) is 0 Å². The Morgan fingerprint density at radius 2 is 1.78 bits per heavy atom. The number of amides is 1. The van der Waals surface area contributed by atoms with Gasteiger partial charge in [-0.1, -0.05) is 18.2 Å². The number of aromatic nitrogens is 7. The van der Waals surface area contributed by atoms with Crippen molar-refractivity contribution in [3.63, 3.8) is 0 Å². The van der Waals surface area contributed by atoms with Gasteiger partial charge in [-0.2, -0.15) is 18.3 Å². The van der Waals surface area contributed by atoms with Crippen LogP contribution in [0.2, 0.25) is 0 Å². The van der Waals surface area contributed by atoms with E-state index in [1.165, 1.54) is 7.05 Å². The van der Waals surface area contributed by atoms with Gasteiger partial charge in [0.05, 0.1) is 30.3 Å². The minimum absolute atomic E-state index is 0.0116. The zero-order chi connectivity index (χ0) is 39.1. The molecule has 0 bridgehead atoms. The molecule has 5 aromatic rings. The van der Waals surface area contributed by atoms with Crippen molar-refractivity contribution in [3.8, 4) is 28.7 Å². The van der Waals surface area contributed by atoms with Crippen LogP contribution in [0.4, 0.5) is 29.1 Å². The van der Waals surface area contributed by atoms with Crippen LogP contribution in [0.3, 0.4) is 0 Å². The summed E-state index contributed by atoms with van der Waals surface area (Å²) < 4.78 is 81.5. The van der Waals surface area contributed by atoms with Crippen LogP contribution in [-0.4, -0.2) is 117 Å². The molecule has 20 heteroatoms. The molecule has 0 aliphatic carbocycles. The van der Waals surface area contributed by atoms with Crippen LogP contribution >= 0.6 is 0 Å². The molecule has 4 N–H and O–H groups in total. The molecule has 2 aromatic carbocycles. The third-order valence-corrected chi connectivity index (χ3v) is 11.2. The number of sulfonamides is 1. The summed E-state index contributed by atoms with van der Waals surface area (Å²) in [5.41, 5.74) is 0.438. The minimum Gasteiger partial charge on any atom is -0.505 e. The number of likely N-dealkylation sites (tertiary alicyclic amines) is 2. The van der Waals surface area contributed by atoms with E-state index in [9.17, 15) is 35.9 Å². The van der Waals surface area contributed by atoms with Crippen LogP contribution in [0.25, 0.3) is 33.9 Å². The first-order chi connectivity index (χ1) is 26.1. The number of phenols is 1. The number of anilines is 2. The van der Waals surface area contributed by atoms with Crippen molar-refractivity contribution in [2.75, 3.05) is 55.6 Å². The zero-order valence-corrected chi connectivity index (χ0v) is 30.8. The maximum Gasteiger partial charge on any atom is 0.393 e. The van der Waals surface area contributed by atoms with Crippen LogP contribution in [-0.2, 0) is 27.8 Å². The van der Waals surface area contributed by atoms with Gasteiger partial charge in [0.2, 0.25) is 15.9 Å². The number of halogens is 4. The Morgan fingerprint density at radius 1 is 1.05 bits per heavy atom. The summed E-state index contributed by atoms with van der Waals surface area (Å²) in [6.07, 6.45) is -1.57. The van der Waals surface area contributed by atoms with E-state index in [-0.39, 0.29) is 58.1 Å². The summed E-state index contributed by atoms with van der Waals surface area (Å²) >= 11 is 0. The first kappa shape index (κ1) is 37.9. The van der Waals surface area contributed by atoms with E-state index in [0.29, 0.717) is 55.6 Å². The standard InChI is InChI=1S/C35H39F4N11O4S/c1-48(55(2,53)54)25-8-4-3-7-21(25)18-40-32-28-29(34-41-30(45-47-34)20-9-13-50(14-10-20)27(52)19-49-11-5-6-12-49)44-46-33(28)43-31(42-32)23-16-24(36)26(51)15-22(23)17-35(37,38)39/h3-4,7-8,15-16,20,51H,5-6,9-14,17-19H2,1-2H3,(H,41,45,47)(H2,40,42,43,44,46). The molecule has 2 aliphatic heterocycles. The van der Waals surface area contributed by atoms with E-state index in [1.807, 2.05) is 4.90 Å². The Hall–Kier alpha value is -5.37. The summed E-state index contributed by atoms with van der Waals surface area (Å²) in [4.78, 5) is 29.2. The third kappa shape index (κ3) is 8.34. The number of aromatic amines is 2. The Kier molecular flexibility index (Phi) is 10.4. The third-order valence-electron chi connectivity index (χ3n) is 10.0.